The van der Waals surface area contributed by atoms with Crippen molar-refractivity contribution in [3.63, 3.8) is 0 Å². The molecule has 1 saturated heterocycles. The normalized spacial score (nSPS) is 15.3. The number of rotatable bonds is 6. The lowest BCUT2D eigenvalue weighted by atomic mass is 10.1. The van der Waals surface area contributed by atoms with E-state index in [-0.39, 0.29) is 17.8 Å². The minimum atomic E-state index is -0.574. The molecule has 132 valence electrons. The number of amides is 3. The Hall–Kier alpha value is -3.41. The summed E-state index contributed by atoms with van der Waals surface area (Å²) in [7, 11) is 0. The highest BCUT2D eigenvalue weighted by atomic mass is 19.1. The van der Waals surface area contributed by atoms with Gasteiger partial charge in [-0.2, -0.15) is 0 Å². The zero-order valence-corrected chi connectivity index (χ0v) is 13.9. The first-order chi connectivity index (χ1) is 12.6. The van der Waals surface area contributed by atoms with Gasteiger partial charge in [-0.05, 0) is 29.8 Å². The number of halogens is 1. The fraction of sp³-hybridized carbons (Fsp3) is 0.100. The van der Waals surface area contributed by atoms with Crippen LogP contribution in [0, 0.1) is 5.82 Å². The molecule has 1 fully saturated rings. The smallest absolute Gasteiger partial charge is 0.329 e. The van der Waals surface area contributed by atoms with E-state index in [0.717, 1.165) is 10.5 Å². The number of nitrogens with zero attached hydrogens (tertiary/aromatic N) is 1. The number of benzene rings is 2. The van der Waals surface area contributed by atoms with Gasteiger partial charge in [-0.15, -0.1) is 0 Å². The van der Waals surface area contributed by atoms with Gasteiger partial charge < -0.3 is 10.1 Å². The second kappa shape index (κ2) is 7.65. The summed E-state index contributed by atoms with van der Waals surface area (Å²) in [4.78, 5) is 25.5. The van der Waals surface area contributed by atoms with E-state index in [4.69, 9.17) is 4.74 Å². The van der Waals surface area contributed by atoms with Gasteiger partial charge in [-0.25, -0.2) is 9.18 Å². The Morgan fingerprint density at radius 3 is 2.54 bits per heavy atom. The van der Waals surface area contributed by atoms with Crippen LogP contribution in [-0.2, 0) is 11.3 Å². The van der Waals surface area contributed by atoms with Crippen LogP contribution in [0.15, 0.2) is 66.9 Å². The van der Waals surface area contributed by atoms with Crippen molar-refractivity contribution in [3.8, 4) is 5.75 Å². The third-order valence-corrected chi connectivity index (χ3v) is 3.81. The average molecular weight is 352 g/mol. The molecule has 0 saturated carbocycles. The molecule has 0 radical (unpaired) electrons. The van der Waals surface area contributed by atoms with Crippen LogP contribution in [-0.4, -0.2) is 23.4 Å². The van der Waals surface area contributed by atoms with Crippen LogP contribution in [0.1, 0.15) is 11.1 Å². The van der Waals surface area contributed by atoms with Crippen LogP contribution in [0.2, 0.25) is 0 Å². The molecular weight excluding hydrogens is 335 g/mol. The van der Waals surface area contributed by atoms with Crippen molar-refractivity contribution in [1.82, 2.24) is 10.2 Å². The molecule has 1 N–H and O–H groups in total. The van der Waals surface area contributed by atoms with Crippen molar-refractivity contribution in [3.05, 3.63) is 83.8 Å². The predicted molar refractivity (Wildman–Crippen MR) is 95.6 cm³/mol. The SMILES string of the molecule is C=CCOc1ccc(C=C2NC(=O)N(Cc3ccccc3F)C2=O)cc1. The predicted octanol–water partition coefficient (Wildman–Crippen LogP) is 3.48. The highest BCUT2D eigenvalue weighted by Gasteiger charge is 2.33. The largest absolute Gasteiger partial charge is 0.490 e. The topological polar surface area (TPSA) is 58.6 Å². The first kappa shape index (κ1) is 17.4. The lowest BCUT2D eigenvalue weighted by Crippen LogP contribution is -2.30. The quantitative estimate of drug-likeness (QED) is 0.492. The first-order valence-electron chi connectivity index (χ1n) is 8.00. The average Bonchev–Trinajstić information content (AvgIpc) is 2.90. The number of hydrogen-bond donors (Lipinski definition) is 1. The molecule has 0 atom stereocenters. The Balaban J connectivity index is 1.74. The van der Waals surface area contributed by atoms with Gasteiger partial charge in [0.15, 0.2) is 0 Å². The lowest BCUT2D eigenvalue weighted by Gasteiger charge is -2.12. The highest BCUT2D eigenvalue weighted by molar-refractivity contribution is 6.13. The second-order valence-electron chi connectivity index (χ2n) is 5.64. The van der Waals surface area contributed by atoms with E-state index in [0.29, 0.717) is 12.4 Å². The molecule has 26 heavy (non-hydrogen) atoms. The summed E-state index contributed by atoms with van der Waals surface area (Å²) < 4.78 is 19.2. The summed E-state index contributed by atoms with van der Waals surface area (Å²) in [6.07, 6.45) is 3.21. The lowest BCUT2D eigenvalue weighted by molar-refractivity contribution is -0.123. The van der Waals surface area contributed by atoms with Gasteiger partial charge in [0.25, 0.3) is 5.91 Å². The summed E-state index contributed by atoms with van der Waals surface area (Å²) in [5, 5.41) is 2.52. The molecule has 0 spiro atoms. The number of carbonyl (C=O) groups excluding carboxylic acids is 2. The van der Waals surface area contributed by atoms with Gasteiger partial charge in [0.05, 0.1) is 6.54 Å². The van der Waals surface area contributed by atoms with Crippen LogP contribution in [0.5, 0.6) is 5.75 Å². The number of carbonyl (C=O) groups is 2. The van der Waals surface area contributed by atoms with Gasteiger partial charge in [0.2, 0.25) is 0 Å². The second-order valence-corrected chi connectivity index (χ2v) is 5.64. The molecule has 0 unspecified atom stereocenters. The van der Waals surface area contributed by atoms with Crippen molar-refractivity contribution >= 4 is 18.0 Å². The van der Waals surface area contributed by atoms with Crippen LogP contribution >= 0.6 is 0 Å². The van der Waals surface area contributed by atoms with Crippen LogP contribution in [0.25, 0.3) is 6.08 Å². The summed E-state index contributed by atoms with van der Waals surface area (Å²) >= 11 is 0. The maximum absolute atomic E-state index is 13.8. The summed E-state index contributed by atoms with van der Waals surface area (Å²) in [6, 6.07) is 12.5. The molecule has 5 nitrogen and oxygen atoms in total. The van der Waals surface area contributed by atoms with Crippen molar-refractivity contribution in [2.45, 2.75) is 6.54 Å². The van der Waals surface area contributed by atoms with Crippen molar-refractivity contribution in [2.75, 3.05) is 6.61 Å². The molecule has 3 amide bonds. The minimum absolute atomic E-state index is 0.122. The fourth-order valence-electron chi connectivity index (χ4n) is 2.49. The molecule has 1 aliphatic rings. The molecule has 1 heterocycles. The van der Waals surface area contributed by atoms with E-state index in [1.807, 2.05) is 0 Å². The molecule has 0 aromatic heterocycles. The standard InChI is InChI=1S/C20H17FN2O3/c1-2-11-26-16-9-7-14(8-10-16)12-18-19(24)23(20(25)22-18)13-15-5-3-4-6-17(15)21/h2-10,12H,1,11,13H2,(H,22,25). The number of hydrogen-bond acceptors (Lipinski definition) is 3. The molecule has 3 rings (SSSR count). The highest BCUT2D eigenvalue weighted by Crippen LogP contribution is 2.19. The Bertz CT molecular complexity index is 875. The molecule has 6 heteroatoms. The van der Waals surface area contributed by atoms with E-state index < -0.39 is 17.8 Å². The van der Waals surface area contributed by atoms with Gasteiger partial charge in [-0.1, -0.05) is 43.0 Å². The maximum Gasteiger partial charge on any atom is 0.329 e. The number of imide groups is 1. The van der Waals surface area contributed by atoms with E-state index in [1.54, 1.807) is 54.6 Å². The Labute approximate surface area is 150 Å². The third-order valence-electron chi connectivity index (χ3n) is 3.81. The fourth-order valence-corrected chi connectivity index (χ4v) is 2.49. The molecule has 0 bridgehead atoms. The van der Waals surface area contributed by atoms with Crippen molar-refractivity contribution < 1.29 is 18.7 Å². The minimum Gasteiger partial charge on any atom is -0.490 e. The van der Waals surface area contributed by atoms with Gasteiger partial charge in [0, 0.05) is 5.56 Å². The molecule has 2 aromatic rings. The van der Waals surface area contributed by atoms with Gasteiger partial charge >= 0.3 is 6.03 Å². The van der Waals surface area contributed by atoms with Gasteiger partial charge in [-0.3, -0.25) is 9.69 Å². The van der Waals surface area contributed by atoms with Crippen molar-refractivity contribution in [1.29, 1.82) is 0 Å². The van der Waals surface area contributed by atoms with Crippen molar-refractivity contribution in [2.24, 2.45) is 0 Å². The third kappa shape index (κ3) is 3.80. The Morgan fingerprint density at radius 1 is 1.12 bits per heavy atom. The molecule has 1 aliphatic heterocycles. The number of nitrogens with one attached hydrogen (secondary N) is 1. The van der Waals surface area contributed by atoms with E-state index in [2.05, 4.69) is 11.9 Å². The molecule has 0 aliphatic carbocycles. The zero-order chi connectivity index (χ0) is 18.5. The van der Waals surface area contributed by atoms with Crippen LogP contribution < -0.4 is 10.1 Å². The summed E-state index contributed by atoms with van der Waals surface area (Å²) in [6.45, 7) is 3.86. The first-order valence-corrected chi connectivity index (χ1v) is 8.00. The zero-order valence-electron chi connectivity index (χ0n) is 13.9. The van der Waals surface area contributed by atoms with E-state index >= 15 is 0 Å². The number of urea groups is 1. The van der Waals surface area contributed by atoms with E-state index in [1.165, 1.54) is 6.07 Å². The summed E-state index contributed by atoms with van der Waals surface area (Å²) in [5.41, 5.74) is 1.15. The Kier molecular flexibility index (Phi) is 5.12. The van der Waals surface area contributed by atoms with E-state index in [9.17, 15) is 14.0 Å². The summed E-state index contributed by atoms with van der Waals surface area (Å²) in [5.74, 6) is -0.277. The molecular formula is C20H17FN2O3. The molecule has 2 aromatic carbocycles. The van der Waals surface area contributed by atoms with Gasteiger partial charge in [0.1, 0.15) is 23.9 Å². The van der Waals surface area contributed by atoms with Crippen LogP contribution in [0.3, 0.4) is 0 Å². The number of ether oxygens (including phenoxy) is 1. The maximum atomic E-state index is 13.8. The monoisotopic (exact) mass is 352 g/mol. The van der Waals surface area contributed by atoms with Crippen LogP contribution in [0.4, 0.5) is 9.18 Å². The Morgan fingerprint density at radius 2 is 1.85 bits per heavy atom.